The van der Waals surface area contributed by atoms with Crippen LogP contribution in [0.2, 0.25) is 0 Å². The second kappa shape index (κ2) is 8.99. The average Bonchev–Trinajstić information content (AvgIpc) is 2.61. The van der Waals surface area contributed by atoms with E-state index in [0.29, 0.717) is 18.5 Å². The molecule has 138 valence electrons. The van der Waals surface area contributed by atoms with Gasteiger partial charge in [0.25, 0.3) is 5.91 Å². The fourth-order valence-electron chi connectivity index (χ4n) is 3.60. The van der Waals surface area contributed by atoms with E-state index in [9.17, 15) is 14.7 Å². The minimum absolute atomic E-state index is 0.0640. The third-order valence-electron chi connectivity index (χ3n) is 5.16. The molecule has 1 saturated heterocycles. The molecule has 1 fully saturated rings. The number of amides is 1. The Morgan fingerprint density at radius 1 is 1.24 bits per heavy atom. The number of rotatable bonds is 7. The Balaban J connectivity index is 2.05. The molecule has 0 saturated carbocycles. The SMILES string of the molecule is CCCN(CC)Cc1ccc(C(=O)N2CCC[C@H](C(=O)O)[C@@H]2C)cc1. The summed E-state index contributed by atoms with van der Waals surface area (Å²) in [6, 6.07) is 7.49. The zero-order valence-electron chi connectivity index (χ0n) is 15.6. The number of nitrogens with zero attached hydrogens (tertiary/aromatic N) is 2. The number of likely N-dealkylation sites (tertiary alicyclic amines) is 1. The van der Waals surface area contributed by atoms with Gasteiger partial charge in [0.2, 0.25) is 0 Å². The van der Waals surface area contributed by atoms with Crippen LogP contribution in [0.4, 0.5) is 0 Å². The molecule has 1 aromatic rings. The topological polar surface area (TPSA) is 60.9 Å². The number of carboxylic acids is 1. The number of hydrogen-bond acceptors (Lipinski definition) is 3. The van der Waals surface area contributed by atoms with Crippen molar-refractivity contribution in [2.24, 2.45) is 5.92 Å². The monoisotopic (exact) mass is 346 g/mol. The van der Waals surface area contributed by atoms with Gasteiger partial charge in [0.05, 0.1) is 5.92 Å². The largest absolute Gasteiger partial charge is 0.481 e. The highest BCUT2D eigenvalue weighted by molar-refractivity contribution is 5.94. The van der Waals surface area contributed by atoms with Gasteiger partial charge in [-0.15, -0.1) is 0 Å². The van der Waals surface area contributed by atoms with E-state index in [4.69, 9.17) is 0 Å². The van der Waals surface area contributed by atoms with Gasteiger partial charge in [0.15, 0.2) is 0 Å². The average molecular weight is 346 g/mol. The van der Waals surface area contributed by atoms with Crippen LogP contribution >= 0.6 is 0 Å². The van der Waals surface area contributed by atoms with Crippen LogP contribution in [0.1, 0.15) is 56.0 Å². The van der Waals surface area contributed by atoms with Gasteiger partial charge >= 0.3 is 5.97 Å². The minimum atomic E-state index is -0.809. The second-order valence-corrected chi connectivity index (χ2v) is 6.89. The Morgan fingerprint density at radius 2 is 1.92 bits per heavy atom. The van der Waals surface area contributed by atoms with E-state index in [0.717, 1.165) is 32.5 Å². The Morgan fingerprint density at radius 3 is 2.48 bits per heavy atom. The Kier molecular flexibility index (Phi) is 7.00. The molecule has 0 aromatic heterocycles. The highest BCUT2D eigenvalue weighted by Gasteiger charge is 2.35. The molecule has 0 aliphatic carbocycles. The van der Waals surface area contributed by atoms with E-state index in [-0.39, 0.29) is 11.9 Å². The van der Waals surface area contributed by atoms with E-state index >= 15 is 0 Å². The maximum Gasteiger partial charge on any atom is 0.308 e. The standard InChI is InChI=1S/C20H30N2O3/c1-4-12-21(5-2)14-16-8-10-17(11-9-16)19(23)22-13-6-7-18(15(22)3)20(24)25/h8-11,15,18H,4-7,12-14H2,1-3H3,(H,24,25)/t15-,18-/m0/s1. The fraction of sp³-hybridized carbons (Fsp3) is 0.600. The first-order valence-electron chi connectivity index (χ1n) is 9.33. The van der Waals surface area contributed by atoms with Gasteiger partial charge < -0.3 is 10.0 Å². The molecule has 1 heterocycles. The third kappa shape index (κ3) is 4.82. The summed E-state index contributed by atoms with van der Waals surface area (Å²) in [6.45, 7) is 9.77. The second-order valence-electron chi connectivity index (χ2n) is 6.89. The molecule has 1 N–H and O–H groups in total. The summed E-state index contributed by atoms with van der Waals surface area (Å²) < 4.78 is 0. The van der Waals surface area contributed by atoms with E-state index in [2.05, 4.69) is 18.7 Å². The summed E-state index contributed by atoms with van der Waals surface area (Å²) in [7, 11) is 0. The number of hydrogen-bond donors (Lipinski definition) is 1. The van der Waals surface area contributed by atoms with Crippen molar-refractivity contribution in [1.82, 2.24) is 9.80 Å². The smallest absolute Gasteiger partial charge is 0.308 e. The minimum Gasteiger partial charge on any atom is -0.481 e. The van der Waals surface area contributed by atoms with Crippen molar-refractivity contribution in [2.75, 3.05) is 19.6 Å². The molecule has 25 heavy (non-hydrogen) atoms. The van der Waals surface area contributed by atoms with Crippen molar-refractivity contribution < 1.29 is 14.7 Å². The first-order valence-corrected chi connectivity index (χ1v) is 9.33. The highest BCUT2D eigenvalue weighted by atomic mass is 16.4. The van der Waals surface area contributed by atoms with Gasteiger partial charge in [0, 0.05) is 24.7 Å². The maximum absolute atomic E-state index is 12.8. The molecule has 5 nitrogen and oxygen atoms in total. The molecule has 0 radical (unpaired) electrons. The number of carbonyl (C=O) groups excluding carboxylic acids is 1. The number of carbonyl (C=O) groups is 2. The van der Waals surface area contributed by atoms with Gasteiger partial charge in [-0.25, -0.2) is 0 Å². The first-order chi connectivity index (χ1) is 12.0. The van der Waals surface area contributed by atoms with Crippen LogP contribution in [0, 0.1) is 5.92 Å². The number of benzene rings is 1. The van der Waals surface area contributed by atoms with Crippen LogP contribution in [0.25, 0.3) is 0 Å². The normalized spacial score (nSPS) is 20.7. The summed E-state index contributed by atoms with van der Waals surface area (Å²) in [5, 5.41) is 9.32. The molecule has 1 aromatic carbocycles. The summed E-state index contributed by atoms with van der Waals surface area (Å²) in [6.07, 6.45) is 2.51. The van der Waals surface area contributed by atoms with Gasteiger partial charge in [-0.3, -0.25) is 14.5 Å². The zero-order valence-corrected chi connectivity index (χ0v) is 15.6. The number of carboxylic acid groups (broad SMARTS) is 1. The van der Waals surface area contributed by atoms with Crippen molar-refractivity contribution in [1.29, 1.82) is 0 Å². The zero-order chi connectivity index (χ0) is 18.4. The van der Waals surface area contributed by atoms with Crippen LogP contribution in [0.5, 0.6) is 0 Å². The number of aliphatic carboxylic acids is 1. The fourth-order valence-corrected chi connectivity index (χ4v) is 3.60. The van der Waals surface area contributed by atoms with Crippen molar-refractivity contribution >= 4 is 11.9 Å². The van der Waals surface area contributed by atoms with E-state index < -0.39 is 11.9 Å². The van der Waals surface area contributed by atoms with Crippen LogP contribution in [0.3, 0.4) is 0 Å². The van der Waals surface area contributed by atoms with E-state index in [1.54, 1.807) is 4.90 Å². The van der Waals surface area contributed by atoms with Crippen LogP contribution < -0.4 is 0 Å². The first kappa shape index (κ1) is 19.4. The van der Waals surface area contributed by atoms with E-state index in [1.165, 1.54) is 5.56 Å². The Labute approximate surface area is 150 Å². The predicted molar refractivity (Wildman–Crippen MR) is 98.5 cm³/mol. The van der Waals surface area contributed by atoms with Crippen molar-refractivity contribution in [2.45, 2.75) is 52.6 Å². The predicted octanol–water partition coefficient (Wildman–Crippen LogP) is 3.24. The molecule has 1 aliphatic rings. The van der Waals surface area contributed by atoms with Gasteiger partial charge in [-0.05, 0) is 57.0 Å². The molecule has 1 amide bonds. The van der Waals surface area contributed by atoms with Crippen molar-refractivity contribution in [3.63, 3.8) is 0 Å². The Hall–Kier alpha value is -1.88. The molecular weight excluding hydrogens is 316 g/mol. The molecule has 5 heteroatoms. The summed E-state index contributed by atoms with van der Waals surface area (Å²) in [5.41, 5.74) is 1.84. The lowest BCUT2D eigenvalue weighted by Gasteiger charge is -2.37. The van der Waals surface area contributed by atoms with Gasteiger partial charge in [-0.1, -0.05) is 26.0 Å². The molecule has 2 atom stereocenters. The lowest BCUT2D eigenvalue weighted by molar-refractivity contribution is -0.144. The summed E-state index contributed by atoms with van der Waals surface area (Å²) >= 11 is 0. The molecule has 1 aliphatic heterocycles. The third-order valence-corrected chi connectivity index (χ3v) is 5.16. The van der Waals surface area contributed by atoms with Crippen molar-refractivity contribution in [3.8, 4) is 0 Å². The molecule has 2 rings (SSSR count). The molecule has 0 spiro atoms. The van der Waals surface area contributed by atoms with Crippen LogP contribution in [0.15, 0.2) is 24.3 Å². The molecule has 0 unspecified atom stereocenters. The molecule has 0 bridgehead atoms. The summed E-state index contributed by atoms with van der Waals surface area (Å²) in [5.74, 6) is -1.34. The van der Waals surface area contributed by atoms with Gasteiger partial charge in [0.1, 0.15) is 0 Å². The van der Waals surface area contributed by atoms with Crippen molar-refractivity contribution in [3.05, 3.63) is 35.4 Å². The maximum atomic E-state index is 12.8. The van der Waals surface area contributed by atoms with E-state index in [1.807, 2.05) is 31.2 Å². The summed E-state index contributed by atoms with van der Waals surface area (Å²) in [4.78, 5) is 28.2. The quantitative estimate of drug-likeness (QED) is 0.823. The lowest BCUT2D eigenvalue weighted by Crippen LogP contribution is -2.49. The van der Waals surface area contributed by atoms with Crippen LogP contribution in [-0.4, -0.2) is 52.5 Å². The Bertz CT molecular complexity index is 585. The van der Waals surface area contributed by atoms with Crippen LogP contribution in [-0.2, 0) is 11.3 Å². The lowest BCUT2D eigenvalue weighted by atomic mass is 9.90. The van der Waals surface area contributed by atoms with Gasteiger partial charge in [-0.2, -0.15) is 0 Å². The highest BCUT2D eigenvalue weighted by Crippen LogP contribution is 2.25. The number of piperidine rings is 1. The molecular formula is C20H30N2O3.